The standard InChI is InChI=1S/C15H26N2O2S/c1-5-12(3)15(4,19)10-17-14(18)16-9-11(2)13-7-6-8-20-13/h6-8,11-12,19H,5,9-10H2,1-4H3,(H2,16,17,18). The number of amides is 2. The van der Waals surface area contributed by atoms with E-state index >= 15 is 0 Å². The van der Waals surface area contributed by atoms with Crippen LogP contribution in [0.5, 0.6) is 0 Å². The first-order valence-electron chi connectivity index (χ1n) is 7.14. The molecule has 1 aromatic rings. The summed E-state index contributed by atoms with van der Waals surface area (Å²) < 4.78 is 0. The number of hydrogen-bond donors (Lipinski definition) is 3. The maximum absolute atomic E-state index is 11.7. The van der Waals surface area contributed by atoms with Crippen molar-refractivity contribution in [2.24, 2.45) is 5.92 Å². The number of rotatable bonds is 7. The van der Waals surface area contributed by atoms with Gasteiger partial charge >= 0.3 is 6.03 Å². The van der Waals surface area contributed by atoms with Crippen molar-refractivity contribution >= 4 is 17.4 Å². The van der Waals surface area contributed by atoms with E-state index in [-0.39, 0.29) is 18.5 Å². The second kappa shape index (κ2) is 7.64. The highest BCUT2D eigenvalue weighted by Gasteiger charge is 2.27. The fraction of sp³-hybridized carbons (Fsp3) is 0.667. The van der Waals surface area contributed by atoms with E-state index in [4.69, 9.17) is 0 Å². The molecular weight excluding hydrogens is 272 g/mol. The fourth-order valence-electron chi connectivity index (χ4n) is 1.85. The summed E-state index contributed by atoms with van der Waals surface area (Å²) in [5.41, 5.74) is -0.870. The molecule has 2 amide bonds. The summed E-state index contributed by atoms with van der Waals surface area (Å²) in [5, 5.41) is 17.8. The first-order valence-corrected chi connectivity index (χ1v) is 8.02. The molecule has 0 bridgehead atoms. The lowest BCUT2D eigenvalue weighted by Crippen LogP contribution is -2.48. The lowest BCUT2D eigenvalue weighted by atomic mass is 9.89. The van der Waals surface area contributed by atoms with Crippen LogP contribution in [0.1, 0.15) is 44.9 Å². The Morgan fingerprint density at radius 3 is 2.70 bits per heavy atom. The first kappa shape index (κ1) is 17.0. The van der Waals surface area contributed by atoms with Gasteiger partial charge in [-0.25, -0.2) is 4.79 Å². The molecule has 5 heteroatoms. The highest BCUT2D eigenvalue weighted by molar-refractivity contribution is 7.10. The Bertz CT molecular complexity index is 404. The van der Waals surface area contributed by atoms with E-state index in [1.165, 1.54) is 4.88 Å². The number of carbonyl (C=O) groups is 1. The minimum atomic E-state index is -0.870. The minimum Gasteiger partial charge on any atom is -0.388 e. The lowest BCUT2D eigenvalue weighted by molar-refractivity contribution is 0.00791. The molecule has 3 unspecified atom stereocenters. The lowest BCUT2D eigenvalue weighted by Gasteiger charge is -2.29. The summed E-state index contributed by atoms with van der Waals surface area (Å²) >= 11 is 1.70. The van der Waals surface area contributed by atoms with Crippen LogP contribution in [0, 0.1) is 5.92 Å². The molecule has 0 saturated heterocycles. The van der Waals surface area contributed by atoms with Crippen LogP contribution in [0.15, 0.2) is 17.5 Å². The Hall–Kier alpha value is -1.07. The predicted octanol–water partition coefficient (Wildman–Crippen LogP) is 2.95. The molecule has 0 radical (unpaired) electrons. The van der Waals surface area contributed by atoms with Gasteiger partial charge in [-0.3, -0.25) is 0 Å². The molecular formula is C15H26N2O2S. The average Bonchev–Trinajstić information content (AvgIpc) is 2.95. The number of aliphatic hydroxyl groups is 1. The Kier molecular flexibility index (Phi) is 6.49. The Labute approximate surface area is 125 Å². The van der Waals surface area contributed by atoms with Gasteiger partial charge in [-0.2, -0.15) is 0 Å². The van der Waals surface area contributed by atoms with Crippen LogP contribution in [0.4, 0.5) is 4.79 Å². The summed E-state index contributed by atoms with van der Waals surface area (Å²) in [6.07, 6.45) is 0.881. The molecule has 1 rings (SSSR count). The van der Waals surface area contributed by atoms with Crippen molar-refractivity contribution in [3.05, 3.63) is 22.4 Å². The largest absolute Gasteiger partial charge is 0.388 e. The number of hydrogen-bond acceptors (Lipinski definition) is 3. The smallest absolute Gasteiger partial charge is 0.314 e. The fourth-order valence-corrected chi connectivity index (χ4v) is 2.64. The molecule has 114 valence electrons. The van der Waals surface area contributed by atoms with Gasteiger partial charge in [0.05, 0.1) is 5.60 Å². The highest BCUT2D eigenvalue weighted by atomic mass is 32.1. The van der Waals surface area contributed by atoms with Crippen molar-refractivity contribution in [1.29, 1.82) is 0 Å². The van der Waals surface area contributed by atoms with E-state index in [1.54, 1.807) is 18.3 Å². The normalized spacial score (nSPS) is 17.1. The molecule has 20 heavy (non-hydrogen) atoms. The molecule has 0 aliphatic carbocycles. The molecule has 0 aromatic carbocycles. The monoisotopic (exact) mass is 298 g/mol. The van der Waals surface area contributed by atoms with E-state index in [0.29, 0.717) is 12.5 Å². The van der Waals surface area contributed by atoms with E-state index < -0.39 is 5.60 Å². The van der Waals surface area contributed by atoms with E-state index in [2.05, 4.69) is 23.6 Å². The average molecular weight is 298 g/mol. The Morgan fingerprint density at radius 1 is 1.45 bits per heavy atom. The zero-order chi connectivity index (χ0) is 15.2. The third-order valence-corrected chi connectivity index (χ3v) is 4.98. The van der Waals surface area contributed by atoms with Gasteiger partial charge < -0.3 is 15.7 Å². The summed E-state index contributed by atoms with van der Waals surface area (Å²) in [6.45, 7) is 8.72. The summed E-state index contributed by atoms with van der Waals surface area (Å²) in [4.78, 5) is 13.0. The molecule has 0 aliphatic rings. The van der Waals surface area contributed by atoms with Crippen molar-refractivity contribution in [2.45, 2.75) is 45.6 Å². The zero-order valence-corrected chi connectivity index (χ0v) is 13.6. The van der Waals surface area contributed by atoms with Crippen molar-refractivity contribution in [2.75, 3.05) is 13.1 Å². The molecule has 0 fully saturated rings. The predicted molar refractivity (Wildman–Crippen MR) is 84.2 cm³/mol. The topological polar surface area (TPSA) is 61.4 Å². The summed E-state index contributed by atoms with van der Waals surface area (Å²) in [6, 6.07) is 3.86. The van der Waals surface area contributed by atoms with Crippen molar-refractivity contribution in [3.63, 3.8) is 0 Å². The van der Waals surface area contributed by atoms with Gasteiger partial charge in [-0.15, -0.1) is 11.3 Å². The molecule has 1 heterocycles. The van der Waals surface area contributed by atoms with Crippen LogP contribution >= 0.6 is 11.3 Å². The van der Waals surface area contributed by atoms with Gasteiger partial charge in [0.25, 0.3) is 0 Å². The van der Waals surface area contributed by atoms with Crippen LogP contribution in [-0.4, -0.2) is 29.8 Å². The van der Waals surface area contributed by atoms with E-state index in [1.807, 2.05) is 25.3 Å². The second-order valence-corrected chi connectivity index (χ2v) is 6.63. The van der Waals surface area contributed by atoms with Gasteiger partial charge in [-0.1, -0.05) is 33.3 Å². The maximum Gasteiger partial charge on any atom is 0.314 e. The van der Waals surface area contributed by atoms with Gasteiger partial charge in [0.15, 0.2) is 0 Å². The minimum absolute atomic E-state index is 0.146. The molecule has 0 spiro atoms. The highest BCUT2D eigenvalue weighted by Crippen LogP contribution is 2.20. The number of carbonyl (C=O) groups excluding carboxylic acids is 1. The van der Waals surface area contributed by atoms with E-state index in [9.17, 15) is 9.90 Å². The van der Waals surface area contributed by atoms with Gasteiger partial charge in [0.1, 0.15) is 0 Å². The van der Waals surface area contributed by atoms with Crippen molar-refractivity contribution in [1.82, 2.24) is 10.6 Å². The van der Waals surface area contributed by atoms with E-state index in [0.717, 1.165) is 6.42 Å². The van der Waals surface area contributed by atoms with Crippen LogP contribution in [-0.2, 0) is 0 Å². The summed E-state index contributed by atoms with van der Waals surface area (Å²) in [5.74, 6) is 0.448. The third-order valence-electron chi connectivity index (χ3n) is 3.88. The number of urea groups is 1. The van der Waals surface area contributed by atoms with Gasteiger partial charge in [-0.05, 0) is 24.3 Å². The SMILES string of the molecule is CCC(C)C(C)(O)CNC(=O)NCC(C)c1cccs1. The molecule has 4 nitrogen and oxygen atoms in total. The Balaban J connectivity index is 2.30. The molecule has 1 aromatic heterocycles. The van der Waals surface area contributed by atoms with Gasteiger partial charge in [0, 0.05) is 23.9 Å². The molecule has 3 N–H and O–H groups in total. The summed E-state index contributed by atoms with van der Waals surface area (Å²) in [7, 11) is 0. The quantitative estimate of drug-likeness (QED) is 0.725. The van der Waals surface area contributed by atoms with Crippen LogP contribution in [0.2, 0.25) is 0 Å². The van der Waals surface area contributed by atoms with Crippen LogP contribution in [0.25, 0.3) is 0 Å². The third kappa shape index (κ3) is 5.13. The van der Waals surface area contributed by atoms with Gasteiger partial charge in [0.2, 0.25) is 0 Å². The Morgan fingerprint density at radius 2 is 2.15 bits per heavy atom. The molecule has 0 saturated carbocycles. The van der Waals surface area contributed by atoms with Crippen molar-refractivity contribution < 1.29 is 9.90 Å². The molecule has 0 aliphatic heterocycles. The van der Waals surface area contributed by atoms with Crippen LogP contribution in [0.3, 0.4) is 0 Å². The van der Waals surface area contributed by atoms with Crippen molar-refractivity contribution in [3.8, 4) is 0 Å². The second-order valence-electron chi connectivity index (χ2n) is 5.65. The number of nitrogens with one attached hydrogen (secondary N) is 2. The maximum atomic E-state index is 11.7. The molecule has 3 atom stereocenters. The first-order chi connectivity index (χ1) is 9.36. The zero-order valence-electron chi connectivity index (χ0n) is 12.8. The number of thiophene rings is 1. The van der Waals surface area contributed by atoms with Crippen LogP contribution < -0.4 is 10.6 Å².